The summed E-state index contributed by atoms with van der Waals surface area (Å²) in [6.45, 7) is 0. The van der Waals surface area contributed by atoms with Crippen LogP contribution in [0.4, 0.5) is 0 Å². The van der Waals surface area contributed by atoms with Crippen molar-refractivity contribution >= 4 is 12.0 Å². The molecule has 0 fully saturated rings. The predicted octanol–water partition coefficient (Wildman–Crippen LogP) is 2.98. The van der Waals surface area contributed by atoms with Gasteiger partial charge in [-0.05, 0) is 17.2 Å². The monoisotopic (exact) mass is 268 g/mol. The third-order valence-electron chi connectivity index (χ3n) is 2.95. The molecule has 20 heavy (non-hydrogen) atoms. The van der Waals surface area contributed by atoms with Gasteiger partial charge in [0.2, 0.25) is 0 Å². The number of hydrogen-bond acceptors (Lipinski definition) is 3. The molecule has 0 radical (unpaired) electrons. The van der Waals surface area contributed by atoms with Crippen LogP contribution in [0, 0.1) is 0 Å². The van der Waals surface area contributed by atoms with E-state index in [9.17, 15) is 9.90 Å². The number of carbonyl (C=O) groups excluding carboxylic acids is 1. The van der Waals surface area contributed by atoms with E-state index in [1.54, 1.807) is 18.2 Å². The fourth-order valence-electron chi connectivity index (χ4n) is 1.91. The van der Waals surface area contributed by atoms with E-state index < -0.39 is 12.1 Å². The normalized spacial score (nSPS) is 12.8. The largest absolute Gasteiger partial charge is 0.466 e. The van der Waals surface area contributed by atoms with E-state index in [4.69, 9.17) is 4.74 Å². The van der Waals surface area contributed by atoms with Gasteiger partial charge in [-0.1, -0.05) is 60.7 Å². The highest BCUT2D eigenvalue weighted by molar-refractivity contribution is 5.94. The van der Waals surface area contributed by atoms with E-state index in [1.807, 2.05) is 48.5 Å². The predicted molar refractivity (Wildman–Crippen MR) is 77.8 cm³/mol. The van der Waals surface area contributed by atoms with Gasteiger partial charge in [-0.15, -0.1) is 0 Å². The molecular weight excluding hydrogens is 252 g/mol. The lowest BCUT2D eigenvalue weighted by atomic mass is 9.99. The van der Waals surface area contributed by atoms with Crippen LogP contribution < -0.4 is 0 Å². The molecule has 3 nitrogen and oxygen atoms in total. The number of esters is 1. The Morgan fingerprint density at radius 1 is 1.05 bits per heavy atom. The van der Waals surface area contributed by atoms with Crippen LogP contribution in [0.15, 0.2) is 66.2 Å². The first-order valence-corrected chi connectivity index (χ1v) is 6.30. The second-order valence-electron chi connectivity index (χ2n) is 4.32. The van der Waals surface area contributed by atoms with Gasteiger partial charge >= 0.3 is 5.97 Å². The number of ether oxygens (including phenoxy) is 1. The molecule has 2 rings (SSSR count). The number of benzene rings is 2. The van der Waals surface area contributed by atoms with Crippen LogP contribution in [-0.2, 0) is 9.53 Å². The number of hydrogen-bond donors (Lipinski definition) is 1. The fraction of sp³-hybridized carbons (Fsp3) is 0.118. The van der Waals surface area contributed by atoms with Crippen LogP contribution in [0.5, 0.6) is 0 Å². The first-order chi connectivity index (χ1) is 9.72. The summed E-state index contributed by atoms with van der Waals surface area (Å²) in [6.07, 6.45) is 0.632. The fourth-order valence-corrected chi connectivity index (χ4v) is 1.91. The standard InChI is InChI=1S/C17H16O3/c1-20-17(19)15(12-13-8-4-2-5-9-13)16(18)14-10-6-3-7-11-14/h2-12,16,18H,1H3/b15-12+. The summed E-state index contributed by atoms with van der Waals surface area (Å²) in [5, 5.41) is 10.4. The van der Waals surface area contributed by atoms with E-state index in [0.717, 1.165) is 5.56 Å². The molecule has 0 saturated carbocycles. The van der Waals surface area contributed by atoms with Gasteiger partial charge in [0.25, 0.3) is 0 Å². The number of carbonyl (C=O) groups is 1. The van der Waals surface area contributed by atoms with Crippen molar-refractivity contribution < 1.29 is 14.6 Å². The molecular formula is C17H16O3. The molecule has 0 amide bonds. The maximum absolute atomic E-state index is 11.9. The van der Waals surface area contributed by atoms with Crippen molar-refractivity contribution in [3.05, 3.63) is 77.4 Å². The molecule has 0 aliphatic carbocycles. The maximum Gasteiger partial charge on any atom is 0.336 e. The number of methoxy groups -OCH3 is 1. The summed E-state index contributed by atoms with van der Waals surface area (Å²) >= 11 is 0. The van der Waals surface area contributed by atoms with Crippen LogP contribution in [0.25, 0.3) is 6.08 Å². The Morgan fingerprint density at radius 3 is 2.15 bits per heavy atom. The molecule has 0 spiro atoms. The van der Waals surface area contributed by atoms with E-state index in [0.29, 0.717) is 5.56 Å². The van der Waals surface area contributed by atoms with Gasteiger partial charge in [-0.25, -0.2) is 4.79 Å². The summed E-state index contributed by atoms with van der Waals surface area (Å²) in [5.41, 5.74) is 1.70. The second-order valence-corrected chi connectivity index (χ2v) is 4.32. The van der Waals surface area contributed by atoms with Crippen molar-refractivity contribution in [2.45, 2.75) is 6.10 Å². The van der Waals surface area contributed by atoms with E-state index in [2.05, 4.69) is 0 Å². The van der Waals surface area contributed by atoms with Gasteiger partial charge in [0.05, 0.1) is 12.7 Å². The summed E-state index contributed by atoms with van der Waals surface area (Å²) in [5.74, 6) is -0.537. The number of aliphatic hydroxyl groups is 1. The van der Waals surface area contributed by atoms with Crippen molar-refractivity contribution in [2.24, 2.45) is 0 Å². The minimum Gasteiger partial charge on any atom is -0.466 e. The van der Waals surface area contributed by atoms with E-state index in [1.165, 1.54) is 7.11 Å². The molecule has 3 heteroatoms. The molecule has 0 aromatic heterocycles. The third-order valence-corrected chi connectivity index (χ3v) is 2.95. The molecule has 0 heterocycles. The smallest absolute Gasteiger partial charge is 0.336 e. The Hall–Kier alpha value is -2.39. The van der Waals surface area contributed by atoms with Crippen molar-refractivity contribution in [3.63, 3.8) is 0 Å². The highest BCUT2D eigenvalue weighted by atomic mass is 16.5. The van der Waals surface area contributed by atoms with Crippen molar-refractivity contribution in [2.75, 3.05) is 7.11 Å². The highest BCUT2D eigenvalue weighted by Crippen LogP contribution is 2.24. The molecule has 2 aromatic rings. The molecule has 0 bridgehead atoms. The Kier molecular flexibility index (Phi) is 4.69. The van der Waals surface area contributed by atoms with Gasteiger partial charge < -0.3 is 9.84 Å². The lowest BCUT2D eigenvalue weighted by Crippen LogP contribution is -2.13. The van der Waals surface area contributed by atoms with Gasteiger partial charge in [0.15, 0.2) is 0 Å². The summed E-state index contributed by atoms with van der Waals surface area (Å²) in [6, 6.07) is 18.4. The number of aliphatic hydroxyl groups excluding tert-OH is 1. The van der Waals surface area contributed by atoms with Crippen LogP contribution in [0.2, 0.25) is 0 Å². The maximum atomic E-state index is 11.9. The summed E-state index contributed by atoms with van der Waals surface area (Å²) in [4.78, 5) is 11.9. The molecule has 1 N–H and O–H groups in total. The zero-order valence-electron chi connectivity index (χ0n) is 11.2. The first kappa shape index (κ1) is 14.0. The Bertz CT molecular complexity index is 588. The second kappa shape index (κ2) is 6.68. The van der Waals surface area contributed by atoms with Gasteiger partial charge in [0.1, 0.15) is 6.10 Å². The Balaban J connectivity index is 2.38. The Labute approximate surface area is 118 Å². The van der Waals surface area contributed by atoms with Crippen molar-refractivity contribution in [1.29, 1.82) is 0 Å². The Morgan fingerprint density at radius 2 is 1.60 bits per heavy atom. The topological polar surface area (TPSA) is 46.5 Å². The van der Waals surface area contributed by atoms with Crippen LogP contribution in [0.3, 0.4) is 0 Å². The van der Waals surface area contributed by atoms with Gasteiger partial charge in [-0.2, -0.15) is 0 Å². The minimum absolute atomic E-state index is 0.213. The van der Waals surface area contributed by atoms with Crippen molar-refractivity contribution in [3.8, 4) is 0 Å². The SMILES string of the molecule is COC(=O)/C(=C/c1ccccc1)C(O)c1ccccc1. The zero-order valence-corrected chi connectivity index (χ0v) is 11.2. The zero-order chi connectivity index (χ0) is 14.4. The van der Waals surface area contributed by atoms with Crippen LogP contribution in [0.1, 0.15) is 17.2 Å². The van der Waals surface area contributed by atoms with Gasteiger partial charge in [-0.3, -0.25) is 0 Å². The van der Waals surface area contributed by atoms with E-state index in [-0.39, 0.29) is 5.57 Å². The first-order valence-electron chi connectivity index (χ1n) is 6.30. The van der Waals surface area contributed by atoms with Crippen LogP contribution in [-0.4, -0.2) is 18.2 Å². The number of rotatable bonds is 4. The van der Waals surface area contributed by atoms with Crippen molar-refractivity contribution in [1.82, 2.24) is 0 Å². The molecule has 2 aromatic carbocycles. The average Bonchev–Trinajstić information content (AvgIpc) is 2.53. The van der Waals surface area contributed by atoms with Crippen LogP contribution >= 0.6 is 0 Å². The van der Waals surface area contributed by atoms with E-state index >= 15 is 0 Å². The lowest BCUT2D eigenvalue weighted by Gasteiger charge is -2.13. The molecule has 0 aliphatic rings. The molecule has 0 aliphatic heterocycles. The molecule has 0 saturated heterocycles. The summed E-state index contributed by atoms with van der Waals surface area (Å²) < 4.78 is 4.76. The summed E-state index contributed by atoms with van der Waals surface area (Å²) in [7, 11) is 1.30. The molecule has 1 unspecified atom stereocenters. The lowest BCUT2D eigenvalue weighted by molar-refractivity contribution is -0.137. The average molecular weight is 268 g/mol. The highest BCUT2D eigenvalue weighted by Gasteiger charge is 2.20. The molecule has 102 valence electrons. The minimum atomic E-state index is -1.01. The quantitative estimate of drug-likeness (QED) is 0.685. The van der Waals surface area contributed by atoms with Gasteiger partial charge in [0, 0.05) is 0 Å². The third kappa shape index (κ3) is 3.33. The molecule has 1 atom stereocenters.